The average molecular weight is 716 g/mol. The highest BCUT2D eigenvalue weighted by Gasteiger charge is 2.18. The summed E-state index contributed by atoms with van der Waals surface area (Å²) in [4.78, 5) is 15.1. The van der Waals surface area contributed by atoms with Crippen molar-refractivity contribution in [3.8, 4) is 45.3 Å². The van der Waals surface area contributed by atoms with Crippen molar-refractivity contribution in [3.05, 3.63) is 176 Å². The SMILES string of the molecule is c1ccc(-c2nc(-c3ccc4c(c3)oc3ccccc34)nc(-c3ccc4oc5c(-c6ccc7c8ccccc8c8ccccc8c7c6)cccc5c4c3)n2)cc1. The van der Waals surface area contributed by atoms with Crippen LogP contribution in [0.3, 0.4) is 0 Å². The normalized spacial score (nSPS) is 11.9. The highest BCUT2D eigenvalue weighted by atomic mass is 16.3. The van der Waals surface area contributed by atoms with Crippen LogP contribution < -0.4 is 0 Å². The van der Waals surface area contributed by atoms with Gasteiger partial charge in [0.2, 0.25) is 0 Å². The number of hydrogen-bond acceptors (Lipinski definition) is 5. The molecule has 0 radical (unpaired) electrons. The van der Waals surface area contributed by atoms with Crippen LogP contribution in [0.5, 0.6) is 0 Å². The first kappa shape index (κ1) is 30.8. The van der Waals surface area contributed by atoms with E-state index in [1.165, 1.54) is 32.3 Å². The first-order valence-corrected chi connectivity index (χ1v) is 18.8. The zero-order valence-electron chi connectivity index (χ0n) is 29.9. The highest BCUT2D eigenvalue weighted by Crippen LogP contribution is 2.41. The molecule has 5 nitrogen and oxygen atoms in total. The lowest BCUT2D eigenvalue weighted by atomic mass is 9.92. The molecule has 0 atom stereocenters. The van der Waals surface area contributed by atoms with Gasteiger partial charge in [0, 0.05) is 43.8 Å². The fourth-order valence-electron chi connectivity index (χ4n) is 8.46. The average Bonchev–Trinajstić information content (AvgIpc) is 3.84. The molecule has 0 N–H and O–H groups in total. The molecule has 0 aliphatic rings. The van der Waals surface area contributed by atoms with E-state index in [0.717, 1.165) is 71.7 Å². The lowest BCUT2D eigenvalue weighted by Gasteiger charge is -2.12. The molecule has 3 aromatic heterocycles. The van der Waals surface area contributed by atoms with Gasteiger partial charge in [-0.05, 0) is 80.3 Å². The van der Waals surface area contributed by atoms with E-state index in [1.807, 2.05) is 66.7 Å². The van der Waals surface area contributed by atoms with E-state index in [1.54, 1.807) is 0 Å². The van der Waals surface area contributed by atoms with Crippen LogP contribution in [-0.4, -0.2) is 15.0 Å². The molecule has 0 fully saturated rings. The van der Waals surface area contributed by atoms with Crippen LogP contribution in [-0.2, 0) is 0 Å². The van der Waals surface area contributed by atoms with Crippen LogP contribution in [0.15, 0.2) is 185 Å². The Hall–Kier alpha value is -7.63. The summed E-state index contributed by atoms with van der Waals surface area (Å²) in [7, 11) is 0. The van der Waals surface area contributed by atoms with Crippen molar-refractivity contribution in [2.45, 2.75) is 0 Å². The van der Waals surface area contributed by atoms with Gasteiger partial charge in [0.05, 0.1) is 0 Å². The predicted molar refractivity (Wildman–Crippen MR) is 229 cm³/mol. The molecular formula is C51H29N3O2. The molecule has 0 saturated carbocycles. The fourth-order valence-corrected chi connectivity index (χ4v) is 8.46. The lowest BCUT2D eigenvalue weighted by molar-refractivity contribution is 0.669. The monoisotopic (exact) mass is 715 g/mol. The third-order valence-corrected chi connectivity index (χ3v) is 11.1. The molecule has 0 aliphatic heterocycles. The van der Waals surface area contributed by atoms with E-state index < -0.39 is 0 Å². The third-order valence-electron chi connectivity index (χ3n) is 11.1. The molecule has 260 valence electrons. The summed E-state index contributed by atoms with van der Waals surface area (Å²) in [6, 6.07) is 61.1. The number of fused-ring (bicyclic) bond motifs is 12. The number of benzene rings is 9. The number of rotatable bonds is 4. The van der Waals surface area contributed by atoms with E-state index in [4.69, 9.17) is 23.8 Å². The van der Waals surface area contributed by atoms with E-state index >= 15 is 0 Å². The molecule has 0 bridgehead atoms. The number of nitrogens with zero attached hydrogens (tertiary/aromatic N) is 3. The van der Waals surface area contributed by atoms with Gasteiger partial charge in [0.15, 0.2) is 17.5 Å². The molecule has 5 heteroatoms. The smallest absolute Gasteiger partial charge is 0.164 e. The van der Waals surface area contributed by atoms with Crippen LogP contribution in [0.1, 0.15) is 0 Å². The fraction of sp³-hybridized carbons (Fsp3) is 0. The Morgan fingerprint density at radius 2 is 0.768 bits per heavy atom. The van der Waals surface area contributed by atoms with Gasteiger partial charge < -0.3 is 8.83 Å². The van der Waals surface area contributed by atoms with Gasteiger partial charge in [-0.15, -0.1) is 0 Å². The minimum atomic E-state index is 0.576. The Morgan fingerprint density at radius 1 is 0.268 bits per heavy atom. The first-order chi connectivity index (χ1) is 27.7. The standard InChI is InChI=1S/C51H29N3O2/c1-2-11-30(12-3-1)49-52-50(54-51(53-49)33-22-25-41-40-17-8-9-20-45(40)55-47(41)29-33)32-23-26-46-44(28-32)42-19-10-18-34(48(42)56-46)31-21-24-39-37-15-5-4-13-35(37)36-14-6-7-16-38(36)43(39)27-31/h1-29H. The Balaban J connectivity index is 1.01. The van der Waals surface area contributed by atoms with Gasteiger partial charge in [0.25, 0.3) is 0 Å². The number of hydrogen-bond donors (Lipinski definition) is 0. The van der Waals surface area contributed by atoms with Crippen LogP contribution >= 0.6 is 0 Å². The maximum absolute atomic E-state index is 6.69. The molecule has 3 heterocycles. The van der Waals surface area contributed by atoms with E-state index in [2.05, 4.69) is 109 Å². The zero-order valence-corrected chi connectivity index (χ0v) is 29.9. The second kappa shape index (κ2) is 11.9. The lowest BCUT2D eigenvalue weighted by Crippen LogP contribution is -2.00. The maximum Gasteiger partial charge on any atom is 0.164 e. The van der Waals surface area contributed by atoms with Gasteiger partial charge in [-0.1, -0.05) is 133 Å². The molecular weight excluding hydrogens is 687 g/mol. The van der Waals surface area contributed by atoms with E-state index in [-0.39, 0.29) is 0 Å². The van der Waals surface area contributed by atoms with Gasteiger partial charge in [-0.3, -0.25) is 0 Å². The summed E-state index contributed by atoms with van der Waals surface area (Å²) >= 11 is 0. The highest BCUT2D eigenvalue weighted by molar-refractivity contribution is 6.26. The van der Waals surface area contributed by atoms with Crippen molar-refractivity contribution in [1.29, 1.82) is 0 Å². The van der Waals surface area contributed by atoms with Gasteiger partial charge in [-0.2, -0.15) is 0 Å². The Kier molecular flexibility index (Phi) is 6.56. The van der Waals surface area contributed by atoms with Gasteiger partial charge in [-0.25, -0.2) is 15.0 Å². The Morgan fingerprint density at radius 3 is 1.52 bits per heavy atom. The molecule has 56 heavy (non-hydrogen) atoms. The Labute approximate surface area is 320 Å². The minimum absolute atomic E-state index is 0.576. The minimum Gasteiger partial charge on any atom is -0.456 e. The van der Waals surface area contributed by atoms with E-state index in [0.29, 0.717) is 17.5 Å². The van der Waals surface area contributed by atoms with Crippen molar-refractivity contribution < 1.29 is 8.83 Å². The van der Waals surface area contributed by atoms with Crippen molar-refractivity contribution in [2.75, 3.05) is 0 Å². The molecule has 0 unspecified atom stereocenters. The first-order valence-electron chi connectivity index (χ1n) is 18.8. The second-order valence-electron chi connectivity index (χ2n) is 14.3. The van der Waals surface area contributed by atoms with Crippen molar-refractivity contribution >= 4 is 76.2 Å². The summed E-state index contributed by atoms with van der Waals surface area (Å²) in [5.74, 6) is 1.76. The van der Waals surface area contributed by atoms with Gasteiger partial charge >= 0.3 is 0 Å². The molecule has 12 aromatic rings. The zero-order chi connectivity index (χ0) is 36.7. The molecule has 0 saturated heterocycles. The van der Waals surface area contributed by atoms with Crippen LogP contribution in [0.4, 0.5) is 0 Å². The van der Waals surface area contributed by atoms with Crippen molar-refractivity contribution in [2.24, 2.45) is 0 Å². The quantitative estimate of drug-likeness (QED) is 0.170. The predicted octanol–water partition coefficient (Wildman–Crippen LogP) is 13.8. The van der Waals surface area contributed by atoms with Crippen LogP contribution in [0.25, 0.3) is 121 Å². The second-order valence-corrected chi connectivity index (χ2v) is 14.3. The topological polar surface area (TPSA) is 65.0 Å². The Bertz CT molecular complexity index is 3510. The van der Waals surface area contributed by atoms with Gasteiger partial charge in [0.1, 0.15) is 22.3 Å². The molecule has 9 aromatic carbocycles. The summed E-state index contributed by atoms with van der Waals surface area (Å²) in [5.41, 5.74) is 8.11. The molecule has 0 spiro atoms. The van der Waals surface area contributed by atoms with Crippen LogP contribution in [0, 0.1) is 0 Å². The van der Waals surface area contributed by atoms with Crippen molar-refractivity contribution in [3.63, 3.8) is 0 Å². The molecule has 0 aliphatic carbocycles. The third kappa shape index (κ3) is 4.71. The number of aromatic nitrogens is 3. The van der Waals surface area contributed by atoms with E-state index in [9.17, 15) is 0 Å². The number of furan rings is 2. The summed E-state index contributed by atoms with van der Waals surface area (Å²) in [5, 5.41) is 11.7. The maximum atomic E-state index is 6.69. The summed E-state index contributed by atoms with van der Waals surface area (Å²) in [6.45, 7) is 0. The summed E-state index contributed by atoms with van der Waals surface area (Å²) < 4.78 is 12.9. The summed E-state index contributed by atoms with van der Waals surface area (Å²) in [6.07, 6.45) is 0. The largest absolute Gasteiger partial charge is 0.456 e. The molecule has 12 rings (SSSR count). The van der Waals surface area contributed by atoms with Crippen LogP contribution in [0.2, 0.25) is 0 Å². The number of para-hydroxylation sites is 2. The molecule has 0 amide bonds. The van der Waals surface area contributed by atoms with Crippen molar-refractivity contribution in [1.82, 2.24) is 15.0 Å².